The third-order valence-corrected chi connectivity index (χ3v) is 4.11. The van der Waals surface area contributed by atoms with Crippen molar-refractivity contribution in [1.82, 2.24) is 0 Å². The highest BCUT2D eigenvalue weighted by Gasteiger charge is 2.16. The number of benzene rings is 2. The second kappa shape index (κ2) is 5.57. The molecule has 0 amide bonds. The van der Waals surface area contributed by atoms with E-state index in [9.17, 15) is 0 Å². The van der Waals surface area contributed by atoms with Crippen LogP contribution < -0.4 is 4.74 Å². The molecule has 0 fully saturated rings. The van der Waals surface area contributed by atoms with E-state index in [0.29, 0.717) is 0 Å². The fourth-order valence-corrected chi connectivity index (χ4v) is 2.96. The minimum absolute atomic E-state index is 0.161. The molecule has 94 valence electrons. The van der Waals surface area contributed by atoms with E-state index in [0.717, 1.165) is 5.75 Å². The van der Waals surface area contributed by atoms with E-state index in [4.69, 9.17) is 4.74 Å². The summed E-state index contributed by atoms with van der Waals surface area (Å²) in [5, 5.41) is 0. The zero-order valence-electron chi connectivity index (χ0n) is 10.9. The lowest BCUT2D eigenvalue weighted by atomic mass is 9.98. The van der Waals surface area contributed by atoms with Crippen LogP contribution >= 0.6 is 15.9 Å². The topological polar surface area (TPSA) is 9.23 Å². The first kappa shape index (κ1) is 13.2. The lowest BCUT2D eigenvalue weighted by Gasteiger charge is -2.17. The number of rotatable bonds is 3. The Morgan fingerprint density at radius 3 is 2.39 bits per heavy atom. The molecular formula is C16H17BrO. The monoisotopic (exact) mass is 304 g/mol. The van der Waals surface area contributed by atoms with Gasteiger partial charge >= 0.3 is 0 Å². The van der Waals surface area contributed by atoms with Crippen LogP contribution in [0.25, 0.3) is 0 Å². The van der Waals surface area contributed by atoms with Crippen molar-refractivity contribution in [2.45, 2.75) is 18.7 Å². The Morgan fingerprint density at radius 1 is 1.00 bits per heavy atom. The highest BCUT2D eigenvalue weighted by Crippen LogP contribution is 2.38. The Labute approximate surface area is 117 Å². The highest BCUT2D eigenvalue weighted by molar-refractivity contribution is 9.09. The van der Waals surface area contributed by atoms with Crippen LogP contribution in [0.1, 0.15) is 27.1 Å². The van der Waals surface area contributed by atoms with Gasteiger partial charge in [0.15, 0.2) is 0 Å². The summed E-state index contributed by atoms with van der Waals surface area (Å²) in [6.07, 6.45) is 0. The van der Waals surface area contributed by atoms with Gasteiger partial charge in [-0.25, -0.2) is 0 Å². The summed E-state index contributed by atoms with van der Waals surface area (Å²) in [4.78, 5) is 0.161. The van der Waals surface area contributed by atoms with Gasteiger partial charge in [-0.05, 0) is 31.0 Å². The Kier molecular flexibility index (Phi) is 4.07. The molecule has 0 radical (unpaired) electrons. The van der Waals surface area contributed by atoms with Crippen LogP contribution in [0.5, 0.6) is 5.75 Å². The first-order valence-electron chi connectivity index (χ1n) is 5.97. The number of aryl methyl sites for hydroxylation is 2. The normalized spacial score (nSPS) is 12.2. The maximum Gasteiger partial charge on any atom is 0.123 e. The van der Waals surface area contributed by atoms with Crippen molar-refractivity contribution in [3.05, 3.63) is 64.7 Å². The van der Waals surface area contributed by atoms with Gasteiger partial charge in [-0.15, -0.1) is 0 Å². The first-order valence-corrected chi connectivity index (χ1v) is 6.89. The van der Waals surface area contributed by atoms with E-state index in [2.05, 4.69) is 66.2 Å². The quantitative estimate of drug-likeness (QED) is 0.740. The summed E-state index contributed by atoms with van der Waals surface area (Å²) in [6.45, 7) is 4.23. The van der Waals surface area contributed by atoms with Crippen molar-refractivity contribution in [3.8, 4) is 5.75 Å². The fraction of sp³-hybridized carbons (Fsp3) is 0.250. The number of hydrogen-bond acceptors (Lipinski definition) is 1. The van der Waals surface area contributed by atoms with E-state index in [1.54, 1.807) is 7.11 Å². The lowest BCUT2D eigenvalue weighted by molar-refractivity contribution is 0.410. The molecule has 0 aliphatic rings. The Morgan fingerprint density at radius 2 is 1.72 bits per heavy atom. The average molecular weight is 305 g/mol. The van der Waals surface area contributed by atoms with Crippen molar-refractivity contribution < 1.29 is 4.74 Å². The molecule has 0 aliphatic heterocycles. The Hall–Kier alpha value is -1.28. The second-order valence-corrected chi connectivity index (χ2v) is 5.38. The molecule has 0 spiro atoms. The molecule has 2 aromatic rings. The van der Waals surface area contributed by atoms with Gasteiger partial charge in [0, 0.05) is 5.56 Å². The van der Waals surface area contributed by atoms with E-state index < -0.39 is 0 Å². The summed E-state index contributed by atoms with van der Waals surface area (Å²) >= 11 is 3.79. The standard InChI is InChI=1S/C16H17BrO/c1-11-8-9-15(18-3)14(10-11)16(17)13-7-5-4-6-12(13)2/h4-10,16H,1-3H3. The third kappa shape index (κ3) is 2.59. The van der Waals surface area contributed by atoms with Crippen molar-refractivity contribution in [1.29, 1.82) is 0 Å². The van der Waals surface area contributed by atoms with Crippen LogP contribution in [0, 0.1) is 13.8 Å². The fourth-order valence-electron chi connectivity index (χ4n) is 2.09. The molecule has 0 heterocycles. The first-order chi connectivity index (χ1) is 8.63. The third-order valence-electron chi connectivity index (χ3n) is 3.12. The molecule has 0 bridgehead atoms. The minimum Gasteiger partial charge on any atom is -0.496 e. The summed E-state index contributed by atoms with van der Waals surface area (Å²) in [6, 6.07) is 14.7. The van der Waals surface area contributed by atoms with Gasteiger partial charge in [0.05, 0.1) is 11.9 Å². The summed E-state index contributed by atoms with van der Waals surface area (Å²) in [5.41, 5.74) is 4.97. The van der Waals surface area contributed by atoms with Crippen LogP contribution in [-0.2, 0) is 0 Å². The summed E-state index contributed by atoms with van der Waals surface area (Å²) < 4.78 is 5.45. The molecule has 1 atom stereocenters. The number of hydrogen-bond donors (Lipinski definition) is 0. The number of halogens is 1. The molecule has 0 aliphatic carbocycles. The van der Waals surface area contributed by atoms with Crippen molar-refractivity contribution in [2.24, 2.45) is 0 Å². The Balaban J connectivity index is 2.48. The van der Waals surface area contributed by atoms with Gasteiger partial charge in [0.25, 0.3) is 0 Å². The Bertz CT molecular complexity index is 549. The van der Waals surface area contributed by atoms with Gasteiger partial charge in [0.1, 0.15) is 5.75 Å². The van der Waals surface area contributed by atoms with Crippen LogP contribution in [0.3, 0.4) is 0 Å². The predicted octanol–water partition coefficient (Wildman–Crippen LogP) is 4.80. The van der Waals surface area contributed by atoms with E-state index in [-0.39, 0.29) is 4.83 Å². The predicted molar refractivity (Wildman–Crippen MR) is 79.7 cm³/mol. The van der Waals surface area contributed by atoms with Crippen LogP contribution in [-0.4, -0.2) is 7.11 Å². The highest BCUT2D eigenvalue weighted by atomic mass is 79.9. The molecule has 0 N–H and O–H groups in total. The molecule has 2 heteroatoms. The van der Waals surface area contributed by atoms with E-state index >= 15 is 0 Å². The lowest BCUT2D eigenvalue weighted by Crippen LogP contribution is -1.99. The van der Waals surface area contributed by atoms with Crippen molar-refractivity contribution in [3.63, 3.8) is 0 Å². The number of alkyl halides is 1. The zero-order chi connectivity index (χ0) is 13.1. The average Bonchev–Trinajstić information content (AvgIpc) is 2.38. The molecule has 0 aromatic heterocycles. The second-order valence-electron chi connectivity index (χ2n) is 4.46. The zero-order valence-corrected chi connectivity index (χ0v) is 12.5. The largest absolute Gasteiger partial charge is 0.496 e. The van der Waals surface area contributed by atoms with Crippen molar-refractivity contribution >= 4 is 15.9 Å². The molecule has 1 unspecified atom stereocenters. The van der Waals surface area contributed by atoms with E-state index in [1.165, 1.54) is 22.3 Å². The molecule has 0 saturated heterocycles. The van der Waals surface area contributed by atoms with Gasteiger partial charge in [-0.3, -0.25) is 0 Å². The van der Waals surface area contributed by atoms with Crippen molar-refractivity contribution in [2.75, 3.05) is 7.11 Å². The van der Waals surface area contributed by atoms with Gasteiger partial charge < -0.3 is 4.74 Å². The molecule has 18 heavy (non-hydrogen) atoms. The molecule has 0 saturated carbocycles. The minimum atomic E-state index is 0.161. The number of ether oxygens (including phenoxy) is 1. The van der Waals surface area contributed by atoms with Crippen LogP contribution in [0.15, 0.2) is 42.5 Å². The van der Waals surface area contributed by atoms with Crippen LogP contribution in [0.2, 0.25) is 0 Å². The maximum absolute atomic E-state index is 5.45. The van der Waals surface area contributed by atoms with E-state index in [1.807, 2.05) is 6.07 Å². The molecule has 1 nitrogen and oxygen atoms in total. The van der Waals surface area contributed by atoms with Gasteiger partial charge in [-0.2, -0.15) is 0 Å². The molecular weight excluding hydrogens is 288 g/mol. The SMILES string of the molecule is COc1ccc(C)cc1C(Br)c1ccccc1C. The molecule has 2 rings (SSSR count). The molecule has 2 aromatic carbocycles. The summed E-state index contributed by atoms with van der Waals surface area (Å²) in [5.74, 6) is 0.922. The van der Waals surface area contributed by atoms with Gasteiger partial charge in [-0.1, -0.05) is 57.9 Å². The summed E-state index contributed by atoms with van der Waals surface area (Å²) in [7, 11) is 1.71. The van der Waals surface area contributed by atoms with Gasteiger partial charge in [0.2, 0.25) is 0 Å². The smallest absolute Gasteiger partial charge is 0.123 e. The maximum atomic E-state index is 5.45. The van der Waals surface area contributed by atoms with Crippen LogP contribution in [0.4, 0.5) is 0 Å². The number of methoxy groups -OCH3 is 1.